The van der Waals surface area contributed by atoms with Crippen LogP contribution in [0.4, 0.5) is 0 Å². The van der Waals surface area contributed by atoms with Crippen LogP contribution in [0.5, 0.6) is 5.75 Å². The Morgan fingerprint density at radius 1 is 1.16 bits per heavy atom. The highest BCUT2D eigenvalue weighted by molar-refractivity contribution is 5.65. The minimum Gasteiger partial charge on any atom is -0.497 e. The van der Waals surface area contributed by atoms with E-state index in [4.69, 9.17) is 4.74 Å². The lowest BCUT2D eigenvalue weighted by Gasteiger charge is -2.22. The zero-order valence-electron chi connectivity index (χ0n) is 14.4. The Balaban J connectivity index is 1.59. The molecule has 1 saturated carbocycles. The van der Waals surface area contributed by atoms with Crippen molar-refractivity contribution < 1.29 is 4.74 Å². The van der Waals surface area contributed by atoms with Crippen molar-refractivity contribution in [3.05, 3.63) is 71.5 Å². The number of methoxy groups -OCH3 is 1. The van der Waals surface area contributed by atoms with Gasteiger partial charge in [-0.25, -0.2) is 0 Å². The summed E-state index contributed by atoms with van der Waals surface area (Å²) in [6.07, 6.45) is 6.58. The minimum atomic E-state index is 0.622. The van der Waals surface area contributed by atoms with Gasteiger partial charge < -0.3 is 9.14 Å². The molecule has 4 nitrogen and oxygen atoms in total. The third-order valence-electron chi connectivity index (χ3n) is 4.86. The summed E-state index contributed by atoms with van der Waals surface area (Å²) in [5.41, 5.74) is 4.16. The third-order valence-corrected chi connectivity index (χ3v) is 4.86. The molecule has 0 saturated heterocycles. The second-order valence-electron chi connectivity index (χ2n) is 6.62. The van der Waals surface area contributed by atoms with Gasteiger partial charge in [-0.1, -0.05) is 18.2 Å². The maximum absolute atomic E-state index is 9.62. The molecule has 0 spiro atoms. The van der Waals surface area contributed by atoms with Gasteiger partial charge in [0.05, 0.1) is 18.2 Å². The molecule has 1 aliphatic carbocycles. The van der Waals surface area contributed by atoms with Crippen molar-refractivity contribution in [1.29, 1.82) is 5.26 Å². The van der Waals surface area contributed by atoms with Crippen LogP contribution in [0.3, 0.4) is 0 Å². The van der Waals surface area contributed by atoms with Gasteiger partial charge in [-0.15, -0.1) is 0 Å². The first-order valence-corrected chi connectivity index (χ1v) is 8.64. The molecule has 25 heavy (non-hydrogen) atoms. The Labute approximate surface area is 147 Å². The molecular formula is C21H21N3O. The quantitative estimate of drug-likeness (QED) is 0.686. The fraction of sp³-hybridized carbons (Fsp3) is 0.286. The molecular weight excluding hydrogens is 310 g/mol. The van der Waals surface area contributed by atoms with Crippen molar-refractivity contribution in [1.82, 2.24) is 9.30 Å². The predicted molar refractivity (Wildman–Crippen MR) is 97.4 cm³/mol. The average Bonchev–Trinajstić information content (AvgIpc) is 3.43. The van der Waals surface area contributed by atoms with E-state index in [1.165, 1.54) is 18.4 Å². The molecule has 2 heterocycles. The fourth-order valence-electron chi connectivity index (χ4n) is 3.36. The second-order valence-corrected chi connectivity index (χ2v) is 6.62. The lowest BCUT2D eigenvalue weighted by Crippen LogP contribution is -2.25. The molecule has 0 radical (unpaired) electrons. The van der Waals surface area contributed by atoms with Crippen molar-refractivity contribution >= 4 is 5.52 Å². The number of nitrogens with zero attached hydrogens (tertiary/aromatic N) is 3. The van der Waals surface area contributed by atoms with Gasteiger partial charge in [0.15, 0.2) is 0 Å². The molecule has 126 valence electrons. The Morgan fingerprint density at radius 2 is 1.96 bits per heavy atom. The zero-order chi connectivity index (χ0) is 17.2. The van der Waals surface area contributed by atoms with Gasteiger partial charge in [-0.05, 0) is 42.7 Å². The van der Waals surface area contributed by atoms with Crippen LogP contribution in [0.25, 0.3) is 5.52 Å². The molecule has 0 bridgehead atoms. The van der Waals surface area contributed by atoms with Gasteiger partial charge >= 0.3 is 0 Å². The summed E-state index contributed by atoms with van der Waals surface area (Å²) in [6, 6.07) is 17.3. The third kappa shape index (κ3) is 3.24. The number of nitriles is 1. The number of hydrogen-bond acceptors (Lipinski definition) is 3. The summed E-state index contributed by atoms with van der Waals surface area (Å²) in [5.74, 6) is 0.882. The average molecular weight is 331 g/mol. The molecule has 2 aromatic heterocycles. The van der Waals surface area contributed by atoms with Crippen molar-refractivity contribution in [2.75, 3.05) is 7.11 Å². The number of ether oxygens (including phenoxy) is 1. The van der Waals surface area contributed by atoms with Crippen molar-refractivity contribution in [2.24, 2.45) is 0 Å². The summed E-state index contributed by atoms with van der Waals surface area (Å²) in [4.78, 5) is 2.48. The summed E-state index contributed by atoms with van der Waals surface area (Å²) in [7, 11) is 1.69. The summed E-state index contributed by atoms with van der Waals surface area (Å²) in [6.45, 7) is 1.70. The molecule has 0 atom stereocenters. The van der Waals surface area contributed by atoms with Gasteiger partial charge in [0.2, 0.25) is 0 Å². The molecule has 1 aromatic carbocycles. The SMILES string of the molecule is COc1ccc(CN(Cc2cn3ccccc3c2C#N)C2CC2)cc1. The molecule has 1 fully saturated rings. The van der Waals surface area contributed by atoms with Crippen molar-refractivity contribution in [2.45, 2.75) is 32.0 Å². The van der Waals surface area contributed by atoms with Crippen LogP contribution in [0, 0.1) is 11.3 Å². The van der Waals surface area contributed by atoms with Crippen molar-refractivity contribution in [3.8, 4) is 11.8 Å². The van der Waals surface area contributed by atoms with E-state index >= 15 is 0 Å². The van der Waals surface area contributed by atoms with E-state index in [0.29, 0.717) is 6.04 Å². The maximum Gasteiger partial charge on any atom is 0.118 e. The van der Waals surface area contributed by atoms with Gasteiger partial charge in [0.1, 0.15) is 11.8 Å². The van der Waals surface area contributed by atoms with Crippen LogP contribution in [0.1, 0.15) is 29.5 Å². The maximum atomic E-state index is 9.62. The fourth-order valence-corrected chi connectivity index (χ4v) is 3.36. The molecule has 3 aromatic rings. The number of hydrogen-bond donors (Lipinski definition) is 0. The first kappa shape index (κ1) is 15.7. The normalized spacial score (nSPS) is 14.0. The van der Waals surface area contributed by atoms with Crippen LogP contribution in [0.15, 0.2) is 54.9 Å². The van der Waals surface area contributed by atoms with Gasteiger partial charge in [0.25, 0.3) is 0 Å². The molecule has 0 N–H and O–H groups in total. The highest BCUT2D eigenvalue weighted by Crippen LogP contribution is 2.31. The second kappa shape index (κ2) is 6.62. The monoisotopic (exact) mass is 331 g/mol. The summed E-state index contributed by atoms with van der Waals surface area (Å²) < 4.78 is 7.29. The van der Waals surface area contributed by atoms with Crippen LogP contribution in [-0.4, -0.2) is 22.5 Å². The molecule has 0 aliphatic heterocycles. The summed E-state index contributed by atoms with van der Waals surface area (Å²) in [5, 5.41) is 9.62. The van der Waals surface area contributed by atoms with Gasteiger partial charge in [0, 0.05) is 37.1 Å². The number of benzene rings is 1. The molecule has 4 rings (SSSR count). The van der Waals surface area contributed by atoms with Crippen LogP contribution < -0.4 is 4.74 Å². The zero-order valence-corrected chi connectivity index (χ0v) is 14.4. The lowest BCUT2D eigenvalue weighted by atomic mass is 10.1. The molecule has 0 unspecified atom stereocenters. The first-order chi connectivity index (χ1) is 12.3. The Kier molecular flexibility index (Phi) is 4.17. The number of fused-ring (bicyclic) bond motifs is 1. The molecule has 4 heteroatoms. The smallest absolute Gasteiger partial charge is 0.118 e. The van der Waals surface area contributed by atoms with Crippen LogP contribution >= 0.6 is 0 Å². The van der Waals surface area contributed by atoms with Crippen molar-refractivity contribution in [3.63, 3.8) is 0 Å². The minimum absolute atomic E-state index is 0.622. The summed E-state index contributed by atoms with van der Waals surface area (Å²) >= 11 is 0. The van der Waals surface area contributed by atoms with E-state index in [2.05, 4.69) is 29.3 Å². The van der Waals surface area contributed by atoms with E-state index < -0.39 is 0 Å². The number of rotatable bonds is 6. The topological polar surface area (TPSA) is 40.7 Å². The number of aromatic nitrogens is 1. The van der Waals surface area contributed by atoms with E-state index in [1.807, 2.05) is 40.9 Å². The predicted octanol–water partition coefficient (Wildman–Crippen LogP) is 3.98. The van der Waals surface area contributed by atoms with Crippen LogP contribution in [-0.2, 0) is 13.1 Å². The Morgan fingerprint density at radius 3 is 2.64 bits per heavy atom. The Hall–Kier alpha value is -2.77. The van der Waals surface area contributed by atoms with Gasteiger partial charge in [-0.2, -0.15) is 5.26 Å². The molecule has 1 aliphatic rings. The Bertz CT molecular complexity index is 916. The van der Waals surface area contributed by atoms with E-state index in [9.17, 15) is 5.26 Å². The molecule has 0 amide bonds. The highest BCUT2D eigenvalue weighted by atomic mass is 16.5. The highest BCUT2D eigenvalue weighted by Gasteiger charge is 2.30. The number of pyridine rings is 1. The van der Waals surface area contributed by atoms with E-state index in [-0.39, 0.29) is 0 Å². The van der Waals surface area contributed by atoms with Gasteiger partial charge in [-0.3, -0.25) is 4.90 Å². The lowest BCUT2D eigenvalue weighted by molar-refractivity contribution is 0.245. The first-order valence-electron chi connectivity index (χ1n) is 8.64. The van der Waals surface area contributed by atoms with E-state index in [0.717, 1.165) is 35.5 Å². The van der Waals surface area contributed by atoms with Crippen LogP contribution in [0.2, 0.25) is 0 Å². The standard InChI is InChI=1S/C21H21N3O/c1-25-19-9-5-16(6-10-19)13-24(18-7-8-18)15-17-14-23-11-3-2-4-21(23)20(17)12-22/h2-6,9-11,14,18H,7-8,13,15H2,1H3. The van der Waals surface area contributed by atoms with E-state index in [1.54, 1.807) is 7.11 Å². The largest absolute Gasteiger partial charge is 0.497 e.